The minimum Gasteiger partial charge on any atom is -0.466 e. The van der Waals surface area contributed by atoms with Crippen LogP contribution in [0.25, 0.3) is 0 Å². The fraction of sp³-hybridized carbons (Fsp3) is 0.444. The summed E-state index contributed by atoms with van der Waals surface area (Å²) in [7, 11) is 1.14. The normalized spacial score (nSPS) is 11.3. The second-order valence-corrected chi connectivity index (χ2v) is 6.22. The molecule has 29 heavy (non-hydrogen) atoms. The molecule has 1 aromatic heterocycles. The van der Waals surface area contributed by atoms with Crippen molar-refractivity contribution in [1.82, 2.24) is 9.78 Å². The first-order chi connectivity index (χ1) is 13.6. The van der Waals surface area contributed by atoms with Crippen molar-refractivity contribution in [1.29, 1.82) is 0 Å². The number of benzene rings is 1. The van der Waals surface area contributed by atoms with Crippen LogP contribution < -0.4 is 4.74 Å². The number of nitrogens with zero attached hydrogens (tertiary/aromatic N) is 3. The van der Waals surface area contributed by atoms with E-state index in [-0.39, 0.29) is 18.0 Å². The Balaban J connectivity index is 2.44. The third-order valence-electron chi connectivity index (χ3n) is 3.98. The van der Waals surface area contributed by atoms with Crippen molar-refractivity contribution in [3.8, 4) is 5.88 Å². The predicted octanol–water partition coefficient (Wildman–Crippen LogP) is 3.45. The van der Waals surface area contributed by atoms with Gasteiger partial charge in [0.2, 0.25) is 5.88 Å². The Labute approximate surface area is 164 Å². The van der Waals surface area contributed by atoms with Crippen molar-refractivity contribution in [2.24, 2.45) is 0 Å². The molecule has 0 atom stereocenters. The first-order valence-corrected chi connectivity index (χ1v) is 8.72. The van der Waals surface area contributed by atoms with Gasteiger partial charge in [-0.05, 0) is 12.0 Å². The van der Waals surface area contributed by atoms with Gasteiger partial charge in [-0.1, -0.05) is 25.5 Å². The highest BCUT2D eigenvalue weighted by molar-refractivity contribution is 5.70. The quantitative estimate of drug-likeness (QED) is 0.354. The lowest BCUT2D eigenvalue weighted by Crippen LogP contribution is -2.21. The molecule has 0 bridgehead atoms. The monoisotopic (exact) mass is 415 g/mol. The average molecular weight is 415 g/mol. The van der Waals surface area contributed by atoms with Crippen molar-refractivity contribution in [2.45, 2.75) is 38.9 Å². The largest absolute Gasteiger partial charge is 0.466 e. The number of carbonyl (C=O) groups excluding carboxylic acids is 1. The molecule has 0 fully saturated rings. The van der Waals surface area contributed by atoms with E-state index in [1.165, 1.54) is 24.3 Å². The van der Waals surface area contributed by atoms with Crippen LogP contribution >= 0.6 is 0 Å². The van der Waals surface area contributed by atoms with Crippen molar-refractivity contribution in [2.75, 3.05) is 13.7 Å². The Morgan fingerprint density at radius 1 is 1.28 bits per heavy atom. The maximum absolute atomic E-state index is 13.0. The van der Waals surface area contributed by atoms with Gasteiger partial charge in [0, 0.05) is 24.1 Å². The van der Waals surface area contributed by atoms with Crippen LogP contribution in [0.5, 0.6) is 5.88 Å². The summed E-state index contributed by atoms with van der Waals surface area (Å²) >= 11 is 0. The molecule has 1 heterocycles. The van der Waals surface area contributed by atoms with E-state index in [4.69, 9.17) is 4.74 Å². The van der Waals surface area contributed by atoms with Gasteiger partial charge in [-0.25, -0.2) is 9.48 Å². The first-order valence-electron chi connectivity index (χ1n) is 8.72. The Kier molecular flexibility index (Phi) is 7.18. The highest BCUT2D eigenvalue weighted by Crippen LogP contribution is 2.30. The average Bonchev–Trinajstić information content (AvgIpc) is 2.94. The van der Waals surface area contributed by atoms with Crippen molar-refractivity contribution in [3.05, 3.63) is 51.2 Å². The number of hydrogen-bond acceptors (Lipinski definition) is 6. The van der Waals surface area contributed by atoms with Crippen LogP contribution in [-0.4, -0.2) is 40.6 Å². The number of aryl methyl sites for hydroxylation is 1. The third-order valence-corrected chi connectivity index (χ3v) is 3.98. The topological polar surface area (TPSA) is 96.5 Å². The van der Waals surface area contributed by atoms with Crippen LogP contribution in [0.1, 0.15) is 30.2 Å². The second-order valence-electron chi connectivity index (χ2n) is 6.22. The molecular weight excluding hydrogens is 395 g/mol. The van der Waals surface area contributed by atoms with Gasteiger partial charge >= 0.3 is 12.1 Å². The van der Waals surface area contributed by atoms with Gasteiger partial charge in [-0.2, -0.15) is 18.3 Å². The molecule has 1 aromatic carbocycles. The van der Waals surface area contributed by atoms with Crippen LogP contribution in [0.15, 0.2) is 24.3 Å². The van der Waals surface area contributed by atoms with E-state index in [0.717, 1.165) is 7.11 Å². The molecule has 8 nitrogen and oxygen atoms in total. The number of nitro groups is 1. The lowest BCUT2D eigenvalue weighted by atomic mass is 10.0. The molecule has 0 N–H and O–H groups in total. The lowest BCUT2D eigenvalue weighted by molar-refractivity contribution is -0.384. The second kappa shape index (κ2) is 9.39. The van der Waals surface area contributed by atoms with E-state index in [1.807, 2.05) is 6.92 Å². The number of aromatic nitrogens is 2. The predicted molar refractivity (Wildman–Crippen MR) is 95.7 cm³/mol. The van der Waals surface area contributed by atoms with E-state index in [2.05, 4.69) is 9.84 Å². The van der Waals surface area contributed by atoms with E-state index in [9.17, 15) is 28.1 Å². The summed E-state index contributed by atoms with van der Waals surface area (Å²) in [6.07, 6.45) is -3.36. The fourth-order valence-corrected chi connectivity index (χ4v) is 2.71. The zero-order valence-corrected chi connectivity index (χ0v) is 15.9. The summed E-state index contributed by atoms with van der Waals surface area (Å²) < 4.78 is 49.5. The van der Waals surface area contributed by atoms with Gasteiger partial charge in [0.15, 0.2) is 6.61 Å². The molecule has 0 aliphatic carbocycles. The van der Waals surface area contributed by atoms with Crippen molar-refractivity contribution < 1.29 is 32.4 Å². The van der Waals surface area contributed by atoms with Gasteiger partial charge in [0.1, 0.15) is 6.54 Å². The Hall–Kier alpha value is -3.11. The van der Waals surface area contributed by atoms with E-state index in [0.29, 0.717) is 34.3 Å². The van der Waals surface area contributed by atoms with Crippen LogP contribution in [0.3, 0.4) is 0 Å². The zero-order chi connectivity index (χ0) is 21.6. The van der Waals surface area contributed by atoms with Gasteiger partial charge in [0.05, 0.1) is 17.7 Å². The Morgan fingerprint density at radius 2 is 1.93 bits per heavy atom. The maximum Gasteiger partial charge on any atom is 0.408 e. The van der Waals surface area contributed by atoms with Crippen molar-refractivity contribution >= 4 is 11.7 Å². The Morgan fingerprint density at radius 3 is 2.45 bits per heavy atom. The number of hydrogen-bond donors (Lipinski definition) is 0. The molecular formula is C18H20F3N3O5. The van der Waals surface area contributed by atoms with E-state index in [1.54, 1.807) is 0 Å². The molecule has 158 valence electrons. The smallest absolute Gasteiger partial charge is 0.408 e. The molecule has 0 unspecified atom stereocenters. The minimum atomic E-state index is -4.54. The number of esters is 1. The molecule has 0 saturated carbocycles. The summed E-state index contributed by atoms with van der Waals surface area (Å²) in [5, 5.41) is 14.8. The summed E-state index contributed by atoms with van der Waals surface area (Å²) in [4.78, 5) is 21.7. The number of ether oxygens (including phenoxy) is 2. The molecule has 0 aliphatic heterocycles. The van der Waals surface area contributed by atoms with Crippen LogP contribution in [0.2, 0.25) is 0 Å². The van der Waals surface area contributed by atoms with Gasteiger partial charge in [-0.15, -0.1) is 0 Å². The highest BCUT2D eigenvalue weighted by atomic mass is 19.4. The number of alkyl halides is 3. The van der Waals surface area contributed by atoms with E-state index < -0.39 is 30.2 Å². The van der Waals surface area contributed by atoms with Crippen LogP contribution in [0, 0.1) is 10.1 Å². The minimum absolute atomic E-state index is 0.0996. The van der Waals surface area contributed by atoms with Gasteiger partial charge in [0.25, 0.3) is 5.69 Å². The number of methoxy groups -OCH3 is 1. The number of rotatable bonds is 9. The molecule has 2 rings (SSSR count). The summed E-state index contributed by atoms with van der Waals surface area (Å²) in [6, 6.07) is 5.64. The fourth-order valence-electron chi connectivity index (χ4n) is 2.71. The van der Waals surface area contributed by atoms with Gasteiger partial charge < -0.3 is 9.47 Å². The van der Waals surface area contributed by atoms with Crippen molar-refractivity contribution in [3.63, 3.8) is 0 Å². The number of halogens is 3. The number of carbonyl (C=O) groups is 1. The molecule has 0 radical (unpaired) electrons. The summed E-state index contributed by atoms with van der Waals surface area (Å²) in [6.45, 7) is -0.0905. The highest BCUT2D eigenvalue weighted by Gasteiger charge is 2.32. The zero-order valence-electron chi connectivity index (χ0n) is 15.9. The van der Waals surface area contributed by atoms with E-state index >= 15 is 0 Å². The standard InChI is InChI=1S/C18H20F3N3O5/c1-3-4-15-14(9-12-5-7-13(8-6-12)24(26)27)17(29-10-16(25)28-2)23(22-15)11-18(19,20)21/h5-8H,3-4,9-11H2,1-2H3. The molecule has 2 aromatic rings. The molecule has 0 amide bonds. The lowest BCUT2D eigenvalue weighted by Gasteiger charge is -2.12. The van der Waals surface area contributed by atoms with Crippen LogP contribution in [-0.2, 0) is 28.9 Å². The maximum atomic E-state index is 13.0. The molecule has 0 aliphatic rings. The van der Waals surface area contributed by atoms with Crippen LogP contribution in [0.4, 0.5) is 18.9 Å². The first kappa shape index (κ1) is 22.2. The van der Waals surface area contributed by atoms with Gasteiger partial charge in [-0.3, -0.25) is 10.1 Å². The molecule has 0 spiro atoms. The molecule has 0 saturated heterocycles. The third kappa shape index (κ3) is 6.19. The summed E-state index contributed by atoms with van der Waals surface area (Å²) in [5.74, 6) is -0.919. The number of non-ortho nitro benzene ring substituents is 1. The Bertz CT molecular complexity index is 863. The summed E-state index contributed by atoms with van der Waals surface area (Å²) in [5.41, 5.74) is 1.34. The molecule has 11 heteroatoms. The number of nitro benzene ring substituents is 1. The SMILES string of the molecule is CCCc1nn(CC(F)(F)F)c(OCC(=O)OC)c1Cc1ccc([N+](=O)[O-])cc1.